The Morgan fingerprint density at radius 3 is 2.79 bits per heavy atom. The van der Waals surface area contributed by atoms with Crippen LogP contribution >= 0.6 is 0 Å². The minimum absolute atomic E-state index is 0.0202. The van der Waals surface area contributed by atoms with Crippen molar-refractivity contribution in [2.24, 2.45) is 0 Å². The molecule has 7 heteroatoms. The molecule has 2 rings (SSSR count). The topological polar surface area (TPSA) is 92.1 Å². The Balaban J connectivity index is 2.23. The lowest BCUT2D eigenvalue weighted by atomic mass is 10.3. The van der Waals surface area contributed by atoms with Crippen molar-refractivity contribution in [3.63, 3.8) is 0 Å². The van der Waals surface area contributed by atoms with Crippen LogP contribution in [0.4, 0.5) is 5.69 Å². The van der Waals surface area contributed by atoms with Gasteiger partial charge in [0.05, 0.1) is 16.8 Å². The van der Waals surface area contributed by atoms with Gasteiger partial charge in [-0.15, -0.1) is 0 Å². The molecular weight excluding hydrogens is 264 g/mol. The number of rotatable bonds is 5. The second kappa shape index (κ2) is 5.18. The van der Waals surface area contributed by atoms with E-state index in [1.807, 2.05) is 19.0 Å². The lowest BCUT2D eigenvalue weighted by Gasteiger charge is -2.08. The van der Waals surface area contributed by atoms with Crippen molar-refractivity contribution in [2.75, 3.05) is 32.1 Å². The van der Waals surface area contributed by atoms with Gasteiger partial charge in [0.25, 0.3) is 0 Å². The van der Waals surface area contributed by atoms with E-state index < -0.39 is 9.84 Å². The van der Waals surface area contributed by atoms with Crippen molar-refractivity contribution in [2.45, 2.75) is 11.6 Å². The van der Waals surface area contributed by atoms with E-state index in [1.165, 1.54) is 0 Å². The van der Waals surface area contributed by atoms with Crippen LogP contribution < -0.4 is 5.73 Å². The molecule has 6 nitrogen and oxygen atoms in total. The fourth-order valence-electron chi connectivity index (χ4n) is 1.82. The zero-order chi connectivity index (χ0) is 14.0. The normalized spacial score (nSPS) is 12.4. The second-order valence-corrected chi connectivity index (χ2v) is 6.82. The maximum atomic E-state index is 12.1. The molecule has 0 fully saturated rings. The first-order valence-electron chi connectivity index (χ1n) is 6.01. The molecule has 0 aliphatic rings. The van der Waals surface area contributed by atoms with Crippen LogP contribution in [0, 0.1) is 0 Å². The molecule has 0 radical (unpaired) electrons. The van der Waals surface area contributed by atoms with Crippen LogP contribution in [0.25, 0.3) is 11.0 Å². The maximum Gasteiger partial charge on any atom is 0.226 e. The van der Waals surface area contributed by atoms with Crippen LogP contribution in [0.2, 0.25) is 0 Å². The van der Waals surface area contributed by atoms with Crippen molar-refractivity contribution in [1.82, 2.24) is 14.9 Å². The van der Waals surface area contributed by atoms with Gasteiger partial charge in [-0.25, -0.2) is 13.4 Å². The summed E-state index contributed by atoms with van der Waals surface area (Å²) in [6.07, 6.45) is 0.578. The van der Waals surface area contributed by atoms with Gasteiger partial charge in [0.15, 0.2) is 0 Å². The van der Waals surface area contributed by atoms with E-state index in [0.717, 1.165) is 6.54 Å². The SMILES string of the molecule is CN(C)CCCS(=O)(=O)c1nc2ccc(N)cc2[nH]1. The Morgan fingerprint density at radius 2 is 2.11 bits per heavy atom. The minimum atomic E-state index is -3.36. The zero-order valence-electron chi connectivity index (χ0n) is 11.0. The van der Waals surface area contributed by atoms with E-state index in [4.69, 9.17) is 5.73 Å². The number of fused-ring (bicyclic) bond motifs is 1. The Labute approximate surface area is 112 Å². The molecule has 104 valence electrons. The second-order valence-electron chi connectivity index (χ2n) is 4.79. The smallest absolute Gasteiger partial charge is 0.226 e. The largest absolute Gasteiger partial charge is 0.399 e. The number of imidazole rings is 1. The van der Waals surface area contributed by atoms with E-state index in [1.54, 1.807) is 18.2 Å². The van der Waals surface area contributed by atoms with Crippen LogP contribution in [0.15, 0.2) is 23.4 Å². The van der Waals surface area contributed by atoms with Gasteiger partial charge in [-0.05, 0) is 45.3 Å². The Bertz CT molecular complexity index is 676. The first-order valence-corrected chi connectivity index (χ1v) is 7.66. The summed E-state index contributed by atoms with van der Waals surface area (Å²) < 4.78 is 24.2. The van der Waals surface area contributed by atoms with Crippen LogP contribution in [0.5, 0.6) is 0 Å². The lowest BCUT2D eigenvalue weighted by molar-refractivity contribution is 0.408. The summed E-state index contributed by atoms with van der Waals surface area (Å²) in [5, 5.41) is 0.0202. The quantitative estimate of drug-likeness (QED) is 0.794. The predicted molar refractivity (Wildman–Crippen MR) is 75.7 cm³/mol. The average molecular weight is 282 g/mol. The van der Waals surface area contributed by atoms with Crippen molar-refractivity contribution >= 4 is 26.6 Å². The van der Waals surface area contributed by atoms with Gasteiger partial charge in [0.1, 0.15) is 0 Å². The number of aromatic amines is 1. The standard InChI is InChI=1S/C12H18N4O2S/c1-16(2)6-3-7-19(17,18)12-14-10-5-4-9(13)8-11(10)15-12/h4-5,8H,3,6-7,13H2,1-2H3,(H,14,15). The predicted octanol–water partition coefficient (Wildman–Crippen LogP) is 0.870. The monoisotopic (exact) mass is 282 g/mol. The summed E-state index contributed by atoms with van der Waals surface area (Å²) in [6, 6.07) is 5.09. The summed E-state index contributed by atoms with van der Waals surface area (Å²) in [5.74, 6) is 0.0838. The minimum Gasteiger partial charge on any atom is -0.399 e. The van der Waals surface area contributed by atoms with E-state index in [-0.39, 0.29) is 10.9 Å². The Morgan fingerprint density at radius 1 is 1.37 bits per heavy atom. The van der Waals surface area contributed by atoms with Gasteiger partial charge in [0, 0.05) is 5.69 Å². The highest BCUT2D eigenvalue weighted by molar-refractivity contribution is 7.91. The van der Waals surface area contributed by atoms with Gasteiger partial charge in [-0.1, -0.05) is 0 Å². The summed E-state index contributed by atoms with van der Waals surface area (Å²) in [6.45, 7) is 0.729. The van der Waals surface area contributed by atoms with Crippen LogP contribution in [-0.2, 0) is 9.84 Å². The van der Waals surface area contributed by atoms with Crippen molar-refractivity contribution < 1.29 is 8.42 Å². The molecule has 2 aromatic rings. The number of nitrogen functional groups attached to an aromatic ring is 1. The molecule has 0 aliphatic carbocycles. The highest BCUT2D eigenvalue weighted by atomic mass is 32.2. The van der Waals surface area contributed by atoms with Crippen molar-refractivity contribution in [3.8, 4) is 0 Å². The number of hydrogen-bond acceptors (Lipinski definition) is 5. The number of nitrogens with two attached hydrogens (primary N) is 1. The number of aromatic nitrogens is 2. The first-order chi connectivity index (χ1) is 8.88. The molecule has 1 aromatic heterocycles. The number of hydrogen-bond donors (Lipinski definition) is 2. The first kappa shape index (κ1) is 13.8. The van der Waals surface area contributed by atoms with Gasteiger partial charge in [0.2, 0.25) is 15.0 Å². The number of sulfone groups is 1. The molecule has 0 unspecified atom stereocenters. The number of nitrogens with zero attached hydrogens (tertiary/aromatic N) is 2. The molecule has 0 aliphatic heterocycles. The fraction of sp³-hybridized carbons (Fsp3) is 0.417. The van der Waals surface area contributed by atoms with Crippen molar-refractivity contribution in [1.29, 1.82) is 0 Å². The summed E-state index contributed by atoms with van der Waals surface area (Å²) in [7, 11) is 0.462. The fourth-order valence-corrected chi connectivity index (χ4v) is 3.02. The molecule has 0 saturated heterocycles. The maximum absolute atomic E-state index is 12.1. The molecule has 19 heavy (non-hydrogen) atoms. The Hall–Kier alpha value is -1.60. The molecule has 0 atom stereocenters. The van der Waals surface area contributed by atoms with E-state index in [9.17, 15) is 8.42 Å². The molecule has 0 saturated carbocycles. The summed E-state index contributed by atoms with van der Waals surface area (Å²) >= 11 is 0. The van der Waals surface area contributed by atoms with Gasteiger partial charge in [-0.3, -0.25) is 0 Å². The van der Waals surface area contributed by atoms with Crippen LogP contribution in [0.3, 0.4) is 0 Å². The molecule has 0 amide bonds. The molecular formula is C12H18N4O2S. The van der Waals surface area contributed by atoms with Gasteiger partial charge in [-0.2, -0.15) is 0 Å². The third kappa shape index (κ3) is 3.24. The van der Waals surface area contributed by atoms with E-state index >= 15 is 0 Å². The average Bonchev–Trinajstić information content (AvgIpc) is 2.71. The number of H-pyrrole nitrogens is 1. The number of benzene rings is 1. The molecule has 3 N–H and O–H groups in total. The van der Waals surface area contributed by atoms with Crippen molar-refractivity contribution in [3.05, 3.63) is 18.2 Å². The molecule has 1 aromatic carbocycles. The third-order valence-electron chi connectivity index (χ3n) is 2.80. The van der Waals surface area contributed by atoms with E-state index in [2.05, 4.69) is 9.97 Å². The number of nitrogens with one attached hydrogen (secondary N) is 1. The molecule has 0 spiro atoms. The highest BCUT2D eigenvalue weighted by Crippen LogP contribution is 2.18. The third-order valence-corrected chi connectivity index (χ3v) is 4.41. The molecule has 0 bridgehead atoms. The summed E-state index contributed by atoms with van der Waals surface area (Å²) in [5.41, 5.74) is 7.49. The van der Waals surface area contributed by atoms with Crippen LogP contribution in [-0.4, -0.2) is 49.7 Å². The highest BCUT2D eigenvalue weighted by Gasteiger charge is 2.18. The summed E-state index contributed by atoms with van der Waals surface area (Å²) in [4.78, 5) is 8.89. The molecule has 1 heterocycles. The lowest BCUT2D eigenvalue weighted by Crippen LogP contribution is -2.17. The van der Waals surface area contributed by atoms with E-state index in [0.29, 0.717) is 23.1 Å². The Kier molecular flexibility index (Phi) is 3.77. The van der Waals surface area contributed by atoms with Crippen LogP contribution in [0.1, 0.15) is 6.42 Å². The number of anilines is 1. The van der Waals surface area contributed by atoms with Gasteiger partial charge >= 0.3 is 0 Å². The van der Waals surface area contributed by atoms with Gasteiger partial charge < -0.3 is 15.6 Å². The zero-order valence-corrected chi connectivity index (χ0v) is 11.9.